The standard InChI is InChI=1S/C20H21N3O3/c24-20(26-17-6-2-1-3-7-17)14-25-16-12-10-15(11-13-16)23-21-18-8-4-5-9-19(18)22-23/h4-5,8-13,17H,1-3,6-7,14H2. The Hall–Kier alpha value is -2.89. The summed E-state index contributed by atoms with van der Waals surface area (Å²) in [6.45, 7) is -0.0697. The zero-order valence-electron chi connectivity index (χ0n) is 14.5. The van der Waals surface area contributed by atoms with Gasteiger partial charge in [0.15, 0.2) is 6.61 Å². The molecule has 134 valence electrons. The molecular formula is C20H21N3O3. The number of benzene rings is 2. The lowest BCUT2D eigenvalue weighted by molar-refractivity contribution is -0.152. The predicted molar refractivity (Wildman–Crippen MR) is 97.3 cm³/mol. The zero-order valence-corrected chi connectivity index (χ0v) is 14.5. The molecule has 2 aromatic carbocycles. The average Bonchev–Trinajstić information content (AvgIpc) is 3.12. The van der Waals surface area contributed by atoms with E-state index in [1.807, 2.05) is 36.4 Å². The molecule has 0 unspecified atom stereocenters. The van der Waals surface area contributed by atoms with Crippen LogP contribution in [-0.2, 0) is 9.53 Å². The van der Waals surface area contributed by atoms with Crippen molar-refractivity contribution in [1.82, 2.24) is 15.0 Å². The SMILES string of the molecule is O=C(COc1ccc(-n2nc3ccccc3n2)cc1)OC1CCCCC1. The molecular weight excluding hydrogens is 330 g/mol. The molecule has 1 fully saturated rings. The first-order valence-electron chi connectivity index (χ1n) is 9.03. The highest BCUT2D eigenvalue weighted by molar-refractivity contribution is 5.73. The van der Waals surface area contributed by atoms with Crippen LogP contribution in [0.4, 0.5) is 0 Å². The zero-order chi connectivity index (χ0) is 17.8. The molecule has 0 N–H and O–H groups in total. The maximum Gasteiger partial charge on any atom is 0.344 e. The Morgan fingerprint density at radius 1 is 0.962 bits per heavy atom. The van der Waals surface area contributed by atoms with Crippen molar-refractivity contribution >= 4 is 17.0 Å². The second kappa shape index (κ2) is 7.56. The van der Waals surface area contributed by atoms with Gasteiger partial charge in [-0.25, -0.2) is 4.79 Å². The van der Waals surface area contributed by atoms with Crippen LogP contribution in [0.5, 0.6) is 5.75 Å². The van der Waals surface area contributed by atoms with Crippen molar-refractivity contribution in [2.45, 2.75) is 38.2 Å². The summed E-state index contributed by atoms with van der Waals surface area (Å²) in [5, 5.41) is 8.88. The summed E-state index contributed by atoms with van der Waals surface area (Å²) in [6.07, 6.45) is 5.49. The van der Waals surface area contributed by atoms with Crippen LogP contribution in [0, 0.1) is 0 Å². The second-order valence-electron chi connectivity index (χ2n) is 6.51. The van der Waals surface area contributed by atoms with Crippen molar-refractivity contribution in [3.63, 3.8) is 0 Å². The Morgan fingerprint density at radius 2 is 1.62 bits per heavy atom. The Morgan fingerprint density at radius 3 is 2.27 bits per heavy atom. The first kappa shape index (κ1) is 16.6. The maximum atomic E-state index is 11.9. The van der Waals surface area contributed by atoms with Crippen LogP contribution in [-0.4, -0.2) is 33.7 Å². The fourth-order valence-corrected chi connectivity index (χ4v) is 3.20. The third-order valence-corrected chi connectivity index (χ3v) is 4.56. The van der Waals surface area contributed by atoms with E-state index in [0.29, 0.717) is 5.75 Å². The highest BCUT2D eigenvalue weighted by Gasteiger charge is 2.17. The molecule has 0 amide bonds. The molecule has 1 heterocycles. The molecule has 0 spiro atoms. The van der Waals surface area contributed by atoms with E-state index in [-0.39, 0.29) is 18.7 Å². The number of rotatable bonds is 5. The molecule has 1 aromatic heterocycles. The summed E-state index contributed by atoms with van der Waals surface area (Å²) < 4.78 is 11.0. The van der Waals surface area contributed by atoms with Crippen LogP contribution < -0.4 is 4.74 Å². The quantitative estimate of drug-likeness (QED) is 0.656. The molecule has 0 bridgehead atoms. The van der Waals surface area contributed by atoms with Crippen LogP contribution in [0.3, 0.4) is 0 Å². The summed E-state index contributed by atoms with van der Waals surface area (Å²) in [5.74, 6) is 0.312. The van der Waals surface area contributed by atoms with Crippen LogP contribution in [0.25, 0.3) is 16.7 Å². The molecule has 1 aliphatic rings. The van der Waals surface area contributed by atoms with Crippen LogP contribution in [0.15, 0.2) is 48.5 Å². The number of aromatic nitrogens is 3. The first-order chi connectivity index (χ1) is 12.8. The van der Waals surface area contributed by atoms with Crippen molar-refractivity contribution in [3.8, 4) is 11.4 Å². The van der Waals surface area contributed by atoms with E-state index < -0.39 is 0 Å². The number of hydrogen-bond donors (Lipinski definition) is 0. The molecule has 26 heavy (non-hydrogen) atoms. The van der Waals surface area contributed by atoms with E-state index in [1.54, 1.807) is 16.9 Å². The van der Waals surface area contributed by atoms with Crippen molar-refractivity contribution in [2.24, 2.45) is 0 Å². The van der Waals surface area contributed by atoms with Crippen LogP contribution in [0.2, 0.25) is 0 Å². The number of carbonyl (C=O) groups is 1. The van der Waals surface area contributed by atoms with E-state index in [2.05, 4.69) is 10.2 Å². The third kappa shape index (κ3) is 3.85. The Bertz CT molecular complexity index is 850. The van der Waals surface area contributed by atoms with Crippen molar-refractivity contribution in [3.05, 3.63) is 48.5 Å². The van der Waals surface area contributed by atoms with E-state index >= 15 is 0 Å². The second-order valence-corrected chi connectivity index (χ2v) is 6.51. The lowest BCUT2D eigenvalue weighted by Gasteiger charge is -2.21. The number of nitrogens with zero attached hydrogens (tertiary/aromatic N) is 3. The monoisotopic (exact) mass is 351 g/mol. The molecule has 0 aliphatic heterocycles. The van der Waals surface area contributed by atoms with E-state index in [4.69, 9.17) is 9.47 Å². The summed E-state index contributed by atoms with van der Waals surface area (Å²) in [6, 6.07) is 15.0. The highest BCUT2D eigenvalue weighted by Crippen LogP contribution is 2.21. The Kier molecular flexibility index (Phi) is 4.82. The maximum absolute atomic E-state index is 11.9. The normalized spacial score (nSPS) is 15.1. The number of ether oxygens (including phenoxy) is 2. The van der Waals surface area contributed by atoms with Gasteiger partial charge in [0.2, 0.25) is 0 Å². The van der Waals surface area contributed by atoms with Gasteiger partial charge in [0.05, 0.1) is 5.69 Å². The van der Waals surface area contributed by atoms with Gasteiger partial charge >= 0.3 is 5.97 Å². The molecule has 0 saturated heterocycles. The lowest BCUT2D eigenvalue weighted by Crippen LogP contribution is -2.24. The van der Waals surface area contributed by atoms with Crippen LogP contribution in [0.1, 0.15) is 32.1 Å². The van der Waals surface area contributed by atoms with Gasteiger partial charge < -0.3 is 9.47 Å². The molecule has 6 nitrogen and oxygen atoms in total. The van der Waals surface area contributed by atoms with Crippen LogP contribution >= 0.6 is 0 Å². The smallest absolute Gasteiger partial charge is 0.344 e. The van der Waals surface area contributed by atoms with Gasteiger partial charge in [0.1, 0.15) is 22.9 Å². The Balaban J connectivity index is 1.34. The molecule has 6 heteroatoms. The molecule has 3 aromatic rings. The minimum Gasteiger partial charge on any atom is -0.482 e. The van der Waals surface area contributed by atoms with Gasteiger partial charge in [0, 0.05) is 0 Å². The first-order valence-corrected chi connectivity index (χ1v) is 9.03. The van der Waals surface area contributed by atoms with Gasteiger partial charge in [-0.05, 0) is 62.1 Å². The Labute approximate surface area is 151 Å². The molecule has 0 radical (unpaired) electrons. The molecule has 1 saturated carbocycles. The largest absolute Gasteiger partial charge is 0.482 e. The van der Waals surface area contributed by atoms with Crippen molar-refractivity contribution < 1.29 is 14.3 Å². The summed E-state index contributed by atoms with van der Waals surface area (Å²) in [5.41, 5.74) is 2.52. The van der Waals surface area contributed by atoms with Gasteiger partial charge in [-0.15, -0.1) is 10.2 Å². The highest BCUT2D eigenvalue weighted by atomic mass is 16.6. The number of carbonyl (C=O) groups excluding carboxylic acids is 1. The minimum absolute atomic E-state index is 0.0576. The number of fused-ring (bicyclic) bond motifs is 1. The molecule has 1 aliphatic carbocycles. The lowest BCUT2D eigenvalue weighted by atomic mass is 9.98. The summed E-state index contributed by atoms with van der Waals surface area (Å²) in [7, 11) is 0. The average molecular weight is 351 g/mol. The predicted octanol–water partition coefficient (Wildman–Crippen LogP) is 3.68. The minimum atomic E-state index is -0.305. The third-order valence-electron chi connectivity index (χ3n) is 4.56. The van der Waals surface area contributed by atoms with E-state index in [0.717, 1.165) is 42.4 Å². The topological polar surface area (TPSA) is 66.2 Å². The van der Waals surface area contributed by atoms with Crippen molar-refractivity contribution in [2.75, 3.05) is 6.61 Å². The van der Waals surface area contributed by atoms with Gasteiger partial charge in [-0.2, -0.15) is 4.80 Å². The van der Waals surface area contributed by atoms with E-state index in [9.17, 15) is 4.79 Å². The fraction of sp³-hybridized carbons (Fsp3) is 0.350. The summed E-state index contributed by atoms with van der Waals surface area (Å²) >= 11 is 0. The summed E-state index contributed by atoms with van der Waals surface area (Å²) in [4.78, 5) is 13.5. The number of esters is 1. The van der Waals surface area contributed by atoms with Gasteiger partial charge in [-0.1, -0.05) is 18.6 Å². The fourth-order valence-electron chi connectivity index (χ4n) is 3.20. The van der Waals surface area contributed by atoms with Gasteiger partial charge in [0.25, 0.3) is 0 Å². The van der Waals surface area contributed by atoms with Gasteiger partial charge in [-0.3, -0.25) is 0 Å². The van der Waals surface area contributed by atoms with Crippen molar-refractivity contribution in [1.29, 1.82) is 0 Å². The molecule has 0 atom stereocenters. The number of hydrogen-bond acceptors (Lipinski definition) is 5. The van der Waals surface area contributed by atoms with E-state index in [1.165, 1.54) is 6.42 Å². The molecule has 4 rings (SSSR count).